The average Bonchev–Trinajstić information content (AvgIpc) is 2.62. The predicted molar refractivity (Wildman–Crippen MR) is 76.2 cm³/mol. The molecule has 0 fully saturated rings. The third-order valence-corrected chi connectivity index (χ3v) is 5.58. The van der Waals surface area contributed by atoms with Gasteiger partial charge < -0.3 is 0 Å². The Kier molecular flexibility index (Phi) is 4.14. The van der Waals surface area contributed by atoms with Gasteiger partial charge in [0.15, 0.2) is 0 Å². The molecule has 0 nitrogen and oxygen atoms in total. The Labute approximate surface area is 121 Å². The SMILES string of the molecule is Cc1cc(C(Br)c2cccc(Cl)c2F)sc1Cl. The minimum atomic E-state index is -0.391. The summed E-state index contributed by atoms with van der Waals surface area (Å²) >= 11 is 16.7. The third kappa shape index (κ3) is 2.68. The third-order valence-electron chi connectivity index (χ3n) is 2.38. The van der Waals surface area contributed by atoms with Crippen molar-refractivity contribution < 1.29 is 4.39 Å². The first-order valence-electron chi connectivity index (χ1n) is 4.84. The molecule has 1 aromatic carbocycles. The molecular formula is C12H8BrCl2FS. The first-order chi connectivity index (χ1) is 8.00. The molecule has 0 N–H and O–H groups in total. The van der Waals surface area contributed by atoms with Gasteiger partial charge >= 0.3 is 0 Å². The molecule has 1 unspecified atom stereocenters. The van der Waals surface area contributed by atoms with E-state index in [9.17, 15) is 4.39 Å². The van der Waals surface area contributed by atoms with Gasteiger partial charge in [-0.3, -0.25) is 0 Å². The highest BCUT2D eigenvalue weighted by molar-refractivity contribution is 9.09. The Bertz CT molecular complexity index is 534. The number of benzene rings is 1. The van der Waals surface area contributed by atoms with Gasteiger partial charge in [0.05, 0.1) is 14.2 Å². The number of alkyl halides is 1. The van der Waals surface area contributed by atoms with Gasteiger partial charge in [-0.05, 0) is 24.6 Å². The number of aryl methyl sites for hydroxylation is 1. The smallest absolute Gasteiger partial charge is 0.146 e. The van der Waals surface area contributed by atoms with Gasteiger partial charge in [-0.1, -0.05) is 51.3 Å². The summed E-state index contributed by atoms with van der Waals surface area (Å²) in [5.74, 6) is -0.391. The van der Waals surface area contributed by atoms with Crippen molar-refractivity contribution in [2.45, 2.75) is 11.8 Å². The molecule has 90 valence electrons. The van der Waals surface area contributed by atoms with E-state index in [-0.39, 0.29) is 9.85 Å². The van der Waals surface area contributed by atoms with Crippen LogP contribution in [-0.2, 0) is 0 Å². The van der Waals surface area contributed by atoms with Gasteiger partial charge in [0.25, 0.3) is 0 Å². The zero-order chi connectivity index (χ0) is 12.6. The minimum absolute atomic E-state index is 0.131. The maximum atomic E-state index is 13.9. The van der Waals surface area contributed by atoms with Crippen molar-refractivity contribution in [1.29, 1.82) is 0 Å². The zero-order valence-corrected chi connectivity index (χ0v) is 12.7. The van der Waals surface area contributed by atoms with E-state index in [0.29, 0.717) is 5.56 Å². The lowest BCUT2D eigenvalue weighted by molar-refractivity contribution is 0.614. The highest BCUT2D eigenvalue weighted by Crippen LogP contribution is 2.40. The van der Waals surface area contributed by atoms with Gasteiger partial charge in [0, 0.05) is 10.4 Å². The molecule has 1 heterocycles. The molecule has 0 spiro atoms. The van der Waals surface area contributed by atoms with Gasteiger partial charge in [0.2, 0.25) is 0 Å². The van der Waals surface area contributed by atoms with Crippen LogP contribution in [0.1, 0.15) is 20.8 Å². The van der Waals surface area contributed by atoms with E-state index in [2.05, 4.69) is 15.9 Å². The molecule has 1 aromatic heterocycles. The van der Waals surface area contributed by atoms with E-state index in [0.717, 1.165) is 14.8 Å². The van der Waals surface area contributed by atoms with E-state index >= 15 is 0 Å². The molecule has 5 heteroatoms. The lowest BCUT2D eigenvalue weighted by atomic mass is 10.1. The van der Waals surface area contributed by atoms with Crippen LogP contribution in [-0.4, -0.2) is 0 Å². The Balaban J connectivity index is 2.43. The van der Waals surface area contributed by atoms with Crippen molar-refractivity contribution in [3.05, 3.63) is 55.4 Å². The van der Waals surface area contributed by atoms with Gasteiger partial charge in [-0.25, -0.2) is 4.39 Å². The fraction of sp³-hybridized carbons (Fsp3) is 0.167. The molecular weight excluding hydrogens is 346 g/mol. The Morgan fingerprint density at radius 3 is 2.65 bits per heavy atom. The molecule has 0 amide bonds. The maximum absolute atomic E-state index is 13.9. The number of hydrogen-bond donors (Lipinski definition) is 0. The second kappa shape index (κ2) is 5.27. The molecule has 1 atom stereocenters. The Morgan fingerprint density at radius 1 is 1.35 bits per heavy atom. The largest absolute Gasteiger partial charge is 0.205 e. The molecule has 0 aliphatic rings. The van der Waals surface area contributed by atoms with Crippen molar-refractivity contribution in [2.24, 2.45) is 0 Å². The van der Waals surface area contributed by atoms with Crippen LogP contribution in [0.15, 0.2) is 24.3 Å². The van der Waals surface area contributed by atoms with Crippen LogP contribution in [0.3, 0.4) is 0 Å². The quantitative estimate of drug-likeness (QED) is 0.582. The highest BCUT2D eigenvalue weighted by Gasteiger charge is 2.19. The summed E-state index contributed by atoms with van der Waals surface area (Å²) in [5, 5.41) is 0.131. The summed E-state index contributed by atoms with van der Waals surface area (Å²) in [6.45, 7) is 1.93. The maximum Gasteiger partial charge on any atom is 0.146 e. The molecule has 0 aliphatic heterocycles. The second-order valence-corrected chi connectivity index (χ2v) is 6.62. The molecule has 0 aliphatic carbocycles. The number of thiophene rings is 1. The fourth-order valence-electron chi connectivity index (χ4n) is 1.48. The molecule has 2 aromatic rings. The van der Waals surface area contributed by atoms with Crippen LogP contribution in [0, 0.1) is 12.7 Å². The number of halogens is 4. The summed E-state index contributed by atoms with van der Waals surface area (Å²) in [6, 6.07) is 6.93. The van der Waals surface area contributed by atoms with E-state index in [1.54, 1.807) is 12.1 Å². The van der Waals surface area contributed by atoms with E-state index < -0.39 is 5.82 Å². The lowest BCUT2D eigenvalue weighted by Gasteiger charge is -2.09. The summed E-state index contributed by atoms with van der Waals surface area (Å²) < 4.78 is 14.6. The summed E-state index contributed by atoms with van der Waals surface area (Å²) in [5.41, 5.74) is 1.52. The standard InChI is InChI=1S/C12H8BrCl2FS/c1-6-5-9(17-12(6)15)10(13)7-3-2-4-8(14)11(7)16/h2-5,10H,1H3. The van der Waals surface area contributed by atoms with Crippen molar-refractivity contribution >= 4 is 50.5 Å². The Hall–Kier alpha value is -0.0900. The van der Waals surface area contributed by atoms with Gasteiger partial charge in [-0.2, -0.15) is 0 Å². The van der Waals surface area contributed by atoms with Crippen LogP contribution in [0.5, 0.6) is 0 Å². The topological polar surface area (TPSA) is 0 Å². The molecule has 0 radical (unpaired) electrons. The van der Waals surface area contributed by atoms with Crippen LogP contribution in [0.25, 0.3) is 0 Å². The molecule has 0 saturated heterocycles. The molecule has 2 rings (SSSR count). The predicted octanol–water partition coefficient (Wildman–Crippen LogP) is 5.99. The molecule has 0 bridgehead atoms. The molecule has 17 heavy (non-hydrogen) atoms. The van der Waals surface area contributed by atoms with Crippen LogP contribution in [0.4, 0.5) is 4.39 Å². The summed E-state index contributed by atoms with van der Waals surface area (Å²) in [4.78, 5) is 0.742. The van der Waals surface area contributed by atoms with Crippen LogP contribution in [0.2, 0.25) is 9.36 Å². The van der Waals surface area contributed by atoms with E-state index in [4.69, 9.17) is 23.2 Å². The van der Waals surface area contributed by atoms with Crippen molar-refractivity contribution in [3.63, 3.8) is 0 Å². The number of hydrogen-bond acceptors (Lipinski definition) is 1. The Morgan fingerprint density at radius 2 is 2.06 bits per heavy atom. The van der Waals surface area contributed by atoms with Crippen LogP contribution < -0.4 is 0 Å². The number of rotatable bonds is 2. The first kappa shape index (κ1) is 13.3. The minimum Gasteiger partial charge on any atom is -0.205 e. The molecule has 0 saturated carbocycles. The normalized spacial score (nSPS) is 12.8. The van der Waals surface area contributed by atoms with Crippen molar-refractivity contribution in [2.75, 3.05) is 0 Å². The van der Waals surface area contributed by atoms with E-state index in [1.165, 1.54) is 17.4 Å². The monoisotopic (exact) mass is 352 g/mol. The van der Waals surface area contributed by atoms with Crippen molar-refractivity contribution in [3.8, 4) is 0 Å². The highest BCUT2D eigenvalue weighted by atomic mass is 79.9. The van der Waals surface area contributed by atoms with Crippen molar-refractivity contribution in [1.82, 2.24) is 0 Å². The fourth-order valence-corrected chi connectivity index (χ4v) is 3.64. The summed E-state index contributed by atoms with van der Waals surface area (Å²) in [7, 11) is 0. The lowest BCUT2D eigenvalue weighted by Crippen LogP contribution is -1.94. The first-order valence-corrected chi connectivity index (χ1v) is 7.33. The zero-order valence-electron chi connectivity index (χ0n) is 8.81. The second-order valence-electron chi connectivity index (χ2n) is 3.61. The van der Waals surface area contributed by atoms with Crippen LogP contribution >= 0.6 is 50.5 Å². The van der Waals surface area contributed by atoms with E-state index in [1.807, 2.05) is 13.0 Å². The van der Waals surface area contributed by atoms with Gasteiger partial charge in [-0.15, -0.1) is 11.3 Å². The van der Waals surface area contributed by atoms with Gasteiger partial charge in [0.1, 0.15) is 5.82 Å². The average molecular weight is 354 g/mol. The summed E-state index contributed by atoms with van der Waals surface area (Å²) in [6.07, 6.45) is 0.